The first-order chi connectivity index (χ1) is 24.8. The number of allylic oxidation sites excluding steroid dienone is 4. The van der Waals surface area contributed by atoms with Crippen LogP contribution in [0.1, 0.15) is 214 Å². The third-order valence-corrected chi connectivity index (χ3v) is 12.9. The van der Waals surface area contributed by atoms with Crippen molar-refractivity contribution in [2.75, 3.05) is 36.1 Å². The molecule has 3 nitrogen and oxygen atoms in total. The maximum Gasteiger partial charge on any atom is 0.410 e. The van der Waals surface area contributed by atoms with Crippen molar-refractivity contribution < 1.29 is 9.53 Å². The van der Waals surface area contributed by atoms with Crippen LogP contribution in [-0.4, -0.2) is 52.7 Å². The van der Waals surface area contributed by atoms with Gasteiger partial charge in [-0.25, -0.2) is 4.79 Å². The summed E-state index contributed by atoms with van der Waals surface area (Å²) in [6.07, 6.45) is 47.8. The minimum absolute atomic E-state index is 0.130. The largest absolute Gasteiger partial charge is 0.444 e. The number of rotatable bonds is 36. The van der Waals surface area contributed by atoms with Crippen LogP contribution in [0, 0.1) is 5.41 Å². The molecule has 0 aromatic heterocycles. The number of carbonyl (C=O) groups is 1. The predicted molar refractivity (Wildman–Crippen MR) is 234 cm³/mol. The van der Waals surface area contributed by atoms with E-state index in [1.807, 2.05) is 25.7 Å². The lowest BCUT2D eigenvalue weighted by Gasteiger charge is -2.50. The number of unbranched alkanes of at least 4 members (excludes halogenated alkanes) is 24. The van der Waals surface area contributed by atoms with Crippen LogP contribution in [-0.2, 0) is 4.74 Å². The first-order valence-corrected chi connectivity index (χ1v) is 24.6. The van der Waals surface area contributed by atoms with Crippen LogP contribution in [0.3, 0.4) is 0 Å². The molecule has 0 bridgehead atoms. The minimum atomic E-state index is -0.424. The molecule has 1 aliphatic heterocycles. The van der Waals surface area contributed by atoms with Crippen LogP contribution in [0.2, 0.25) is 0 Å². The Labute approximate surface area is 328 Å². The Balaban J connectivity index is 2.11. The fourth-order valence-corrected chi connectivity index (χ4v) is 9.59. The number of thioether (sulfide) groups is 2. The van der Waals surface area contributed by atoms with Gasteiger partial charge in [-0.05, 0) is 96.5 Å². The number of amides is 1. The Morgan fingerprint density at radius 1 is 0.529 bits per heavy atom. The van der Waals surface area contributed by atoms with Gasteiger partial charge in [-0.3, -0.25) is 0 Å². The van der Waals surface area contributed by atoms with Crippen molar-refractivity contribution in [3.05, 3.63) is 24.3 Å². The quantitative estimate of drug-likeness (QED) is 0.0471. The van der Waals surface area contributed by atoms with E-state index in [0.717, 1.165) is 13.1 Å². The Morgan fingerprint density at radius 2 is 0.843 bits per heavy atom. The van der Waals surface area contributed by atoms with Gasteiger partial charge in [0.15, 0.2) is 0 Å². The SMILES string of the molecule is CCCCCCCC/C=C\CCCCCCCCSCC1(CSCCCCCCCC/C=C\CCCCCCCC)CN(C(=O)OC(C)(C)C)C1. The van der Waals surface area contributed by atoms with E-state index >= 15 is 0 Å². The molecule has 0 aromatic rings. The van der Waals surface area contributed by atoms with Crippen molar-refractivity contribution in [3.63, 3.8) is 0 Å². The third-order valence-electron chi connectivity index (χ3n) is 10.1. The molecule has 0 atom stereocenters. The number of hydrogen-bond donors (Lipinski definition) is 0. The molecule has 300 valence electrons. The van der Waals surface area contributed by atoms with Crippen molar-refractivity contribution in [2.24, 2.45) is 5.41 Å². The molecule has 1 amide bonds. The molecule has 0 unspecified atom stereocenters. The topological polar surface area (TPSA) is 29.5 Å². The summed E-state index contributed by atoms with van der Waals surface area (Å²) in [7, 11) is 0. The highest BCUT2D eigenvalue weighted by atomic mass is 32.2. The van der Waals surface area contributed by atoms with E-state index < -0.39 is 5.60 Å². The highest BCUT2D eigenvalue weighted by Gasteiger charge is 2.46. The molecular weight excluding hydrogens is 663 g/mol. The second-order valence-corrected chi connectivity index (χ2v) is 19.0. The maximum atomic E-state index is 12.7. The third kappa shape index (κ3) is 30.5. The summed E-state index contributed by atoms with van der Waals surface area (Å²) in [6, 6.07) is 0. The van der Waals surface area contributed by atoms with Crippen LogP contribution >= 0.6 is 23.5 Å². The van der Waals surface area contributed by atoms with Gasteiger partial charge in [0.1, 0.15) is 5.60 Å². The summed E-state index contributed by atoms with van der Waals surface area (Å²) in [6.45, 7) is 12.2. The van der Waals surface area contributed by atoms with Crippen LogP contribution in [0.25, 0.3) is 0 Å². The van der Waals surface area contributed by atoms with E-state index in [-0.39, 0.29) is 11.5 Å². The van der Waals surface area contributed by atoms with Crippen LogP contribution < -0.4 is 0 Å². The van der Waals surface area contributed by atoms with E-state index in [4.69, 9.17) is 4.74 Å². The van der Waals surface area contributed by atoms with E-state index in [1.165, 1.54) is 203 Å². The van der Waals surface area contributed by atoms with Crippen LogP contribution in [0.4, 0.5) is 4.79 Å². The highest BCUT2D eigenvalue weighted by molar-refractivity contribution is 8.00. The average molecular weight is 750 g/mol. The van der Waals surface area contributed by atoms with Gasteiger partial charge in [-0.15, -0.1) is 0 Å². The van der Waals surface area contributed by atoms with Gasteiger partial charge >= 0.3 is 6.09 Å². The smallest absolute Gasteiger partial charge is 0.410 e. The standard InChI is InChI=1S/C46H87NO2S2/c1-6-8-10-12-14-16-18-20-22-24-26-28-30-32-34-36-38-50-42-46(40-47(41-46)44(48)49-45(3,4)5)43-51-39-37-35-33-31-29-27-25-23-21-19-17-15-13-11-9-7-2/h20-23H,6-19,24-43H2,1-5H3/b22-20-,23-21-. The van der Waals surface area contributed by atoms with E-state index in [1.54, 1.807) is 0 Å². The molecule has 51 heavy (non-hydrogen) atoms. The summed E-state index contributed by atoms with van der Waals surface area (Å²) >= 11 is 4.27. The Hall–Kier alpha value is -0.550. The Morgan fingerprint density at radius 3 is 1.18 bits per heavy atom. The lowest BCUT2D eigenvalue weighted by Crippen LogP contribution is -2.61. The van der Waals surface area contributed by atoms with Gasteiger partial charge in [0.25, 0.3) is 0 Å². The summed E-state index contributed by atoms with van der Waals surface area (Å²) in [4.78, 5) is 14.6. The minimum Gasteiger partial charge on any atom is -0.444 e. The van der Waals surface area contributed by atoms with Crippen molar-refractivity contribution in [3.8, 4) is 0 Å². The molecule has 1 aliphatic rings. The van der Waals surface area contributed by atoms with Gasteiger partial charge in [-0.2, -0.15) is 23.5 Å². The normalized spacial score (nSPS) is 14.6. The van der Waals surface area contributed by atoms with Gasteiger partial charge in [-0.1, -0.05) is 154 Å². The molecule has 0 saturated carbocycles. The summed E-state index contributed by atoms with van der Waals surface area (Å²) in [5.74, 6) is 4.87. The van der Waals surface area contributed by atoms with Crippen LogP contribution in [0.15, 0.2) is 24.3 Å². The molecule has 0 aromatic carbocycles. The average Bonchev–Trinajstić information content (AvgIpc) is 3.08. The molecule has 0 aliphatic carbocycles. The first kappa shape index (κ1) is 48.5. The second kappa shape index (κ2) is 34.0. The lowest BCUT2D eigenvalue weighted by atomic mass is 9.84. The summed E-state index contributed by atoms with van der Waals surface area (Å²) in [5, 5.41) is 0. The summed E-state index contributed by atoms with van der Waals surface area (Å²) in [5.41, 5.74) is -0.163. The zero-order chi connectivity index (χ0) is 37.1. The number of likely N-dealkylation sites (tertiary alicyclic amines) is 1. The Bertz CT molecular complexity index is 782. The molecule has 1 fully saturated rings. The van der Waals surface area contributed by atoms with Crippen molar-refractivity contribution >= 4 is 29.6 Å². The Kier molecular flexibility index (Phi) is 32.3. The monoisotopic (exact) mass is 750 g/mol. The zero-order valence-corrected chi connectivity index (χ0v) is 36.6. The molecule has 1 rings (SSSR count). The second-order valence-electron chi connectivity index (χ2n) is 16.8. The zero-order valence-electron chi connectivity index (χ0n) is 34.9. The van der Waals surface area contributed by atoms with Crippen LogP contribution in [0.5, 0.6) is 0 Å². The van der Waals surface area contributed by atoms with Gasteiger partial charge in [0.05, 0.1) is 0 Å². The van der Waals surface area contributed by atoms with Gasteiger partial charge in [0, 0.05) is 30.0 Å². The molecule has 1 heterocycles. The van der Waals surface area contributed by atoms with Crippen molar-refractivity contribution in [2.45, 2.75) is 220 Å². The number of hydrogen-bond acceptors (Lipinski definition) is 4. The first-order valence-electron chi connectivity index (χ1n) is 22.3. The van der Waals surface area contributed by atoms with Crippen molar-refractivity contribution in [1.29, 1.82) is 0 Å². The van der Waals surface area contributed by atoms with E-state index in [0.29, 0.717) is 0 Å². The molecule has 0 N–H and O–H groups in total. The number of nitrogens with zero attached hydrogens (tertiary/aromatic N) is 1. The molecule has 5 heteroatoms. The lowest BCUT2D eigenvalue weighted by molar-refractivity contribution is -0.0188. The molecular formula is C46H87NO2S2. The molecule has 0 spiro atoms. The van der Waals surface area contributed by atoms with E-state index in [9.17, 15) is 4.79 Å². The number of ether oxygens (including phenoxy) is 1. The van der Waals surface area contributed by atoms with Gasteiger partial charge in [0.2, 0.25) is 0 Å². The van der Waals surface area contributed by atoms with Gasteiger partial charge < -0.3 is 9.64 Å². The molecule has 0 radical (unpaired) electrons. The fraction of sp³-hybridized carbons (Fsp3) is 0.891. The predicted octanol–water partition coefficient (Wildman–Crippen LogP) is 15.8. The maximum absolute atomic E-state index is 12.7. The highest BCUT2D eigenvalue weighted by Crippen LogP contribution is 2.38. The summed E-state index contributed by atoms with van der Waals surface area (Å²) < 4.78 is 5.68. The fourth-order valence-electron chi connectivity index (χ4n) is 6.92. The van der Waals surface area contributed by atoms with Crippen molar-refractivity contribution in [1.82, 2.24) is 4.90 Å². The van der Waals surface area contributed by atoms with E-state index in [2.05, 4.69) is 61.7 Å². The number of carbonyl (C=O) groups excluding carboxylic acids is 1. The molecule has 1 saturated heterocycles.